The third kappa shape index (κ3) is 5.01. The SMILES string of the molecule is CCC(C)c1ccc(S(=O)(=O)N2CCN(C(=O)CCc3c(C)nc4nc(N)nn4c3C)CC2)cc1. The number of fused-ring (bicyclic) bond motifs is 1. The van der Waals surface area contributed by atoms with Crippen LogP contribution in [-0.4, -0.2) is 69.3 Å². The molecule has 0 spiro atoms. The summed E-state index contributed by atoms with van der Waals surface area (Å²) in [5.74, 6) is 0.991. The molecule has 0 aliphatic carbocycles. The average molecular weight is 500 g/mol. The maximum Gasteiger partial charge on any atom is 0.254 e. The summed E-state index contributed by atoms with van der Waals surface area (Å²) < 4.78 is 29.3. The number of aryl methyl sites for hydroxylation is 2. The molecule has 35 heavy (non-hydrogen) atoms. The Hall–Kier alpha value is -3.05. The summed E-state index contributed by atoms with van der Waals surface area (Å²) in [6.45, 7) is 9.35. The van der Waals surface area contributed by atoms with E-state index in [1.165, 1.54) is 4.31 Å². The third-order valence-corrected chi connectivity index (χ3v) is 8.86. The van der Waals surface area contributed by atoms with E-state index in [-0.39, 0.29) is 24.9 Å². The van der Waals surface area contributed by atoms with Crippen molar-refractivity contribution >= 4 is 27.7 Å². The van der Waals surface area contributed by atoms with E-state index >= 15 is 0 Å². The maximum absolute atomic E-state index is 13.1. The van der Waals surface area contributed by atoms with E-state index in [4.69, 9.17) is 5.73 Å². The van der Waals surface area contributed by atoms with Gasteiger partial charge in [0.25, 0.3) is 5.78 Å². The number of nitrogens with zero attached hydrogens (tertiary/aromatic N) is 6. The quantitative estimate of drug-likeness (QED) is 0.528. The van der Waals surface area contributed by atoms with Gasteiger partial charge in [0.05, 0.1) is 4.90 Å². The summed E-state index contributed by atoms with van der Waals surface area (Å²) in [7, 11) is -3.58. The van der Waals surface area contributed by atoms with Crippen molar-refractivity contribution in [1.29, 1.82) is 0 Å². The van der Waals surface area contributed by atoms with Crippen molar-refractivity contribution in [2.24, 2.45) is 0 Å². The lowest BCUT2D eigenvalue weighted by Gasteiger charge is -2.34. The molecule has 188 valence electrons. The minimum atomic E-state index is -3.58. The van der Waals surface area contributed by atoms with Crippen LogP contribution >= 0.6 is 0 Å². The second kappa shape index (κ2) is 9.90. The van der Waals surface area contributed by atoms with Crippen LogP contribution in [0, 0.1) is 13.8 Å². The highest BCUT2D eigenvalue weighted by Crippen LogP contribution is 2.23. The van der Waals surface area contributed by atoms with Gasteiger partial charge in [0.2, 0.25) is 21.9 Å². The summed E-state index contributed by atoms with van der Waals surface area (Å²) in [5, 5.41) is 4.17. The molecule has 1 atom stereocenters. The molecule has 3 heterocycles. The Labute approximate surface area is 206 Å². The van der Waals surface area contributed by atoms with E-state index in [2.05, 4.69) is 28.9 Å². The fourth-order valence-corrected chi connectivity index (χ4v) is 5.93. The Bertz CT molecular complexity index is 1330. The molecule has 1 amide bonds. The molecule has 11 heteroatoms. The Morgan fingerprint density at radius 2 is 1.74 bits per heavy atom. The first-order valence-electron chi connectivity index (χ1n) is 12.0. The zero-order chi connectivity index (χ0) is 25.3. The fourth-order valence-electron chi connectivity index (χ4n) is 4.51. The van der Waals surface area contributed by atoms with Crippen molar-refractivity contribution < 1.29 is 13.2 Å². The molecule has 0 bridgehead atoms. The number of aromatic nitrogens is 4. The molecule has 0 radical (unpaired) electrons. The largest absolute Gasteiger partial charge is 0.366 e. The monoisotopic (exact) mass is 499 g/mol. The van der Waals surface area contributed by atoms with E-state index in [1.54, 1.807) is 21.5 Å². The highest BCUT2D eigenvalue weighted by molar-refractivity contribution is 7.89. The second-order valence-corrected chi connectivity index (χ2v) is 11.0. The number of rotatable bonds is 7. The van der Waals surface area contributed by atoms with Gasteiger partial charge in [-0.3, -0.25) is 4.79 Å². The van der Waals surface area contributed by atoms with E-state index in [1.807, 2.05) is 26.0 Å². The lowest BCUT2D eigenvalue weighted by molar-refractivity contribution is -0.132. The number of amides is 1. The summed E-state index contributed by atoms with van der Waals surface area (Å²) in [5.41, 5.74) is 9.43. The zero-order valence-corrected chi connectivity index (χ0v) is 21.5. The molecule has 1 saturated heterocycles. The summed E-state index contributed by atoms with van der Waals surface area (Å²) >= 11 is 0. The summed E-state index contributed by atoms with van der Waals surface area (Å²) in [6.07, 6.45) is 1.82. The average Bonchev–Trinajstić information content (AvgIpc) is 3.23. The molecule has 2 aromatic heterocycles. The first kappa shape index (κ1) is 25.1. The number of sulfonamides is 1. The number of anilines is 1. The van der Waals surface area contributed by atoms with Gasteiger partial charge in [0.15, 0.2) is 0 Å². The third-order valence-electron chi connectivity index (χ3n) is 6.94. The van der Waals surface area contributed by atoms with Crippen LogP contribution in [0.2, 0.25) is 0 Å². The molecular formula is C24H33N7O3S. The minimum absolute atomic E-state index is 0.00282. The van der Waals surface area contributed by atoms with Crippen LogP contribution in [0.15, 0.2) is 29.2 Å². The Balaban J connectivity index is 1.36. The number of nitrogens with two attached hydrogens (primary N) is 1. The van der Waals surface area contributed by atoms with Gasteiger partial charge < -0.3 is 10.6 Å². The molecule has 1 unspecified atom stereocenters. The van der Waals surface area contributed by atoms with Crippen LogP contribution in [0.1, 0.15) is 55.1 Å². The molecule has 10 nitrogen and oxygen atoms in total. The van der Waals surface area contributed by atoms with Crippen molar-refractivity contribution in [3.05, 3.63) is 46.8 Å². The van der Waals surface area contributed by atoms with Gasteiger partial charge in [-0.05, 0) is 55.9 Å². The van der Waals surface area contributed by atoms with Crippen LogP contribution in [0.5, 0.6) is 0 Å². The predicted molar refractivity (Wildman–Crippen MR) is 133 cm³/mol. The normalized spacial score (nSPS) is 16.1. The number of hydrogen-bond acceptors (Lipinski definition) is 7. The summed E-state index contributed by atoms with van der Waals surface area (Å²) in [4.78, 5) is 23.5. The van der Waals surface area contributed by atoms with E-state index < -0.39 is 10.0 Å². The van der Waals surface area contributed by atoms with Crippen LogP contribution in [-0.2, 0) is 21.2 Å². The fraction of sp³-hybridized carbons (Fsp3) is 0.500. The van der Waals surface area contributed by atoms with Crippen molar-refractivity contribution in [2.75, 3.05) is 31.9 Å². The number of piperazine rings is 1. The van der Waals surface area contributed by atoms with E-state index in [9.17, 15) is 13.2 Å². The molecule has 0 saturated carbocycles. The van der Waals surface area contributed by atoms with E-state index in [0.29, 0.717) is 42.5 Å². The Morgan fingerprint density at radius 1 is 1.09 bits per heavy atom. The van der Waals surface area contributed by atoms with Gasteiger partial charge >= 0.3 is 0 Å². The molecule has 3 aromatic rings. The zero-order valence-electron chi connectivity index (χ0n) is 20.7. The number of benzene rings is 1. The summed E-state index contributed by atoms with van der Waals surface area (Å²) in [6, 6.07) is 7.16. The lowest BCUT2D eigenvalue weighted by Crippen LogP contribution is -2.50. The van der Waals surface area contributed by atoms with Gasteiger partial charge in [-0.15, -0.1) is 5.10 Å². The maximum atomic E-state index is 13.1. The number of carbonyl (C=O) groups excluding carboxylic acids is 1. The van der Waals surface area contributed by atoms with Crippen molar-refractivity contribution in [2.45, 2.75) is 57.8 Å². The van der Waals surface area contributed by atoms with Crippen molar-refractivity contribution in [3.8, 4) is 0 Å². The minimum Gasteiger partial charge on any atom is -0.366 e. The molecule has 1 aliphatic heterocycles. The second-order valence-electron chi connectivity index (χ2n) is 9.11. The standard InChI is InChI=1S/C24H33N7O3S/c1-5-16(2)19-6-8-20(9-7-19)35(33,34)30-14-12-29(13-15-30)22(32)11-10-21-17(3)26-24-27-23(25)28-31(24)18(21)4/h6-9,16H,5,10-15H2,1-4H3,(H2,25,28). The lowest BCUT2D eigenvalue weighted by atomic mass is 9.99. The van der Waals surface area contributed by atoms with Crippen LogP contribution in [0.3, 0.4) is 0 Å². The molecule has 2 N–H and O–H groups in total. The van der Waals surface area contributed by atoms with Crippen molar-refractivity contribution in [3.63, 3.8) is 0 Å². The van der Waals surface area contributed by atoms with Gasteiger partial charge in [0, 0.05) is 44.0 Å². The number of hydrogen-bond donors (Lipinski definition) is 1. The van der Waals surface area contributed by atoms with Crippen LogP contribution in [0.4, 0.5) is 5.95 Å². The number of carbonyl (C=O) groups is 1. The number of nitrogen functional groups attached to an aromatic ring is 1. The first-order valence-corrected chi connectivity index (χ1v) is 13.4. The predicted octanol–water partition coefficient (Wildman–Crippen LogP) is 2.30. The molecule has 1 aromatic carbocycles. The van der Waals surface area contributed by atoms with Gasteiger partial charge in [-0.2, -0.15) is 13.8 Å². The highest BCUT2D eigenvalue weighted by Gasteiger charge is 2.30. The first-order chi connectivity index (χ1) is 16.6. The Kier molecular flexibility index (Phi) is 7.09. The highest BCUT2D eigenvalue weighted by atomic mass is 32.2. The van der Waals surface area contributed by atoms with Crippen LogP contribution in [0.25, 0.3) is 5.78 Å². The smallest absolute Gasteiger partial charge is 0.254 e. The van der Waals surface area contributed by atoms with E-state index in [0.717, 1.165) is 28.9 Å². The van der Waals surface area contributed by atoms with Gasteiger partial charge in [0.1, 0.15) is 0 Å². The van der Waals surface area contributed by atoms with Gasteiger partial charge in [-0.1, -0.05) is 26.0 Å². The van der Waals surface area contributed by atoms with Crippen molar-refractivity contribution in [1.82, 2.24) is 28.8 Å². The Morgan fingerprint density at radius 3 is 2.37 bits per heavy atom. The topological polar surface area (TPSA) is 127 Å². The molecule has 4 rings (SSSR count). The van der Waals surface area contributed by atoms with Crippen LogP contribution < -0.4 is 5.73 Å². The molecular weight excluding hydrogens is 466 g/mol. The molecule has 1 fully saturated rings. The van der Waals surface area contributed by atoms with Gasteiger partial charge in [-0.25, -0.2) is 13.4 Å². The molecule has 1 aliphatic rings.